The minimum absolute atomic E-state index is 0.0164. The van der Waals surface area contributed by atoms with Crippen LogP contribution in [0.15, 0.2) is 24.3 Å². The van der Waals surface area contributed by atoms with Crippen molar-refractivity contribution in [1.29, 1.82) is 0 Å². The first-order chi connectivity index (χ1) is 10.7. The van der Waals surface area contributed by atoms with Crippen molar-refractivity contribution < 1.29 is 19.1 Å². The summed E-state index contributed by atoms with van der Waals surface area (Å²) in [7, 11) is 0. The lowest BCUT2D eigenvalue weighted by atomic mass is 9.95. The summed E-state index contributed by atoms with van der Waals surface area (Å²) in [6, 6.07) is 5.63. The van der Waals surface area contributed by atoms with E-state index >= 15 is 0 Å². The third-order valence-electron chi connectivity index (χ3n) is 3.46. The molecule has 3 N–H and O–H groups in total. The highest BCUT2D eigenvalue weighted by atomic mass is 19.1. The number of carbonyl (C=O) groups is 2. The van der Waals surface area contributed by atoms with Gasteiger partial charge in [0.15, 0.2) is 0 Å². The zero-order chi connectivity index (χ0) is 17.5. The fourth-order valence-electron chi connectivity index (χ4n) is 1.90. The highest BCUT2D eigenvalue weighted by Crippen LogP contribution is 2.15. The Morgan fingerprint density at radius 3 is 2.30 bits per heavy atom. The molecule has 0 aliphatic heterocycles. The number of hydrogen-bond donors (Lipinski definition) is 3. The van der Waals surface area contributed by atoms with Crippen LogP contribution in [0.4, 0.5) is 4.39 Å². The molecule has 0 saturated carbocycles. The lowest BCUT2D eigenvalue weighted by Crippen LogP contribution is -2.46. The zero-order valence-corrected chi connectivity index (χ0v) is 13.9. The van der Waals surface area contributed by atoms with Gasteiger partial charge in [-0.25, -0.2) is 4.39 Å². The number of nitrogens with one attached hydrogen (secondary N) is 2. The molecule has 2 amide bonds. The number of halogens is 1. The first-order valence-corrected chi connectivity index (χ1v) is 7.72. The fraction of sp³-hybridized carbons (Fsp3) is 0.529. The van der Waals surface area contributed by atoms with Crippen molar-refractivity contribution in [3.05, 3.63) is 35.6 Å². The largest absolute Gasteiger partial charge is 0.388 e. The maximum absolute atomic E-state index is 12.8. The van der Waals surface area contributed by atoms with E-state index in [1.54, 1.807) is 6.92 Å². The molecule has 0 aromatic heterocycles. The number of carbonyl (C=O) groups excluding carboxylic acids is 2. The molecule has 0 radical (unpaired) electrons. The van der Waals surface area contributed by atoms with Crippen LogP contribution in [-0.4, -0.2) is 29.1 Å². The first-order valence-electron chi connectivity index (χ1n) is 7.72. The number of rotatable bonds is 7. The van der Waals surface area contributed by atoms with Gasteiger partial charge in [0, 0.05) is 13.1 Å². The quantitative estimate of drug-likeness (QED) is 0.669. The zero-order valence-electron chi connectivity index (χ0n) is 13.9. The van der Waals surface area contributed by atoms with Crippen LogP contribution in [0.25, 0.3) is 0 Å². The normalized spacial score (nSPS) is 13.5. The molecule has 0 spiro atoms. The Hall–Kier alpha value is -1.95. The molecule has 5 nitrogen and oxygen atoms in total. The van der Waals surface area contributed by atoms with Gasteiger partial charge >= 0.3 is 11.8 Å². The van der Waals surface area contributed by atoms with Crippen LogP contribution in [0, 0.1) is 11.7 Å². The van der Waals surface area contributed by atoms with E-state index in [0.717, 1.165) is 6.42 Å². The molecule has 23 heavy (non-hydrogen) atoms. The van der Waals surface area contributed by atoms with E-state index in [1.807, 2.05) is 0 Å². The maximum Gasteiger partial charge on any atom is 0.309 e. The van der Waals surface area contributed by atoms with E-state index in [9.17, 15) is 19.1 Å². The topological polar surface area (TPSA) is 78.4 Å². The van der Waals surface area contributed by atoms with Gasteiger partial charge in [-0.15, -0.1) is 0 Å². The summed E-state index contributed by atoms with van der Waals surface area (Å²) >= 11 is 0. The summed E-state index contributed by atoms with van der Waals surface area (Å²) in [6.07, 6.45) is 1.38. The van der Waals surface area contributed by atoms with Crippen molar-refractivity contribution in [2.45, 2.75) is 45.8 Å². The Bertz CT molecular complexity index is 527. The Kier molecular flexibility index (Phi) is 7.16. The van der Waals surface area contributed by atoms with Gasteiger partial charge in [0.05, 0.1) is 5.60 Å². The van der Waals surface area contributed by atoms with Crippen LogP contribution in [0.5, 0.6) is 0 Å². The average Bonchev–Trinajstić information content (AvgIpc) is 2.50. The van der Waals surface area contributed by atoms with Gasteiger partial charge < -0.3 is 15.7 Å². The molecular formula is C17H25FN2O3. The van der Waals surface area contributed by atoms with E-state index in [4.69, 9.17) is 0 Å². The number of amides is 2. The Morgan fingerprint density at radius 2 is 1.74 bits per heavy atom. The third-order valence-corrected chi connectivity index (χ3v) is 3.46. The van der Waals surface area contributed by atoms with Crippen molar-refractivity contribution >= 4 is 11.8 Å². The van der Waals surface area contributed by atoms with E-state index in [2.05, 4.69) is 24.5 Å². The van der Waals surface area contributed by atoms with E-state index in [1.165, 1.54) is 24.3 Å². The highest BCUT2D eigenvalue weighted by Gasteiger charge is 2.23. The Balaban J connectivity index is 2.36. The Labute approximate surface area is 136 Å². The van der Waals surface area contributed by atoms with Crippen molar-refractivity contribution in [3.8, 4) is 0 Å². The highest BCUT2D eigenvalue weighted by molar-refractivity contribution is 6.35. The lowest BCUT2D eigenvalue weighted by Gasteiger charge is -2.24. The minimum Gasteiger partial charge on any atom is -0.388 e. The van der Waals surface area contributed by atoms with Crippen LogP contribution < -0.4 is 10.6 Å². The standard InChI is InChI=1S/C17H25FN2O3/c1-12(2)8-9-17(3,23)11-20-16(22)15(21)19-10-13-4-6-14(18)7-5-13/h4-7,12,23H,8-11H2,1-3H3,(H,19,21)(H,20,22). The molecule has 0 bridgehead atoms. The van der Waals surface area contributed by atoms with Gasteiger partial charge in [-0.3, -0.25) is 9.59 Å². The molecule has 0 heterocycles. The number of aliphatic hydroxyl groups is 1. The van der Waals surface area contributed by atoms with Crippen LogP contribution in [-0.2, 0) is 16.1 Å². The molecular weight excluding hydrogens is 299 g/mol. The van der Waals surface area contributed by atoms with Crippen LogP contribution >= 0.6 is 0 Å². The smallest absolute Gasteiger partial charge is 0.309 e. The van der Waals surface area contributed by atoms with Gasteiger partial charge in [0.1, 0.15) is 5.82 Å². The summed E-state index contributed by atoms with van der Waals surface area (Å²) in [5.74, 6) is -1.48. The second-order valence-corrected chi connectivity index (χ2v) is 6.42. The van der Waals surface area contributed by atoms with Crippen LogP contribution in [0.2, 0.25) is 0 Å². The molecule has 1 aromatic carbocycles. The van der Waals surface area contributed by atoms with E-state index in [-0.39, 0.29) is 18.9 Å². The molecule has 0 aliphatic rings. The van der Waals surface area contributed by atoms with Gasteiger partial charge in [-0.05, 0) is 43.4 Å². The molecule has 0 saturated heterocycles. The molecule has 1 atom stereocenters. The third kappa shape index (κ3) is 7.74. The van der Waals surface area contributed by atoms with Gasteiger partial charge in [-0.1, -0.05) is 26.0 Å². The molecule has 0 aliphatic carbocycles. The van der Waals surface area contributed by atoms with Gasteiger partial charge in [0.2, 0.25) is 0 Å². The van der Waals surface area contributed by atoms with Crippen molar-refractivity contribution in [2.24, 2.45) is 5.92 Å². The summed E-state index contributed by atoms with van der Waals surface area (Å²) in [4.78, 5) is 23.4. The van der Waals surface area contributed by atoms with E-state index in [0.29, 0.717) is 17.9 Å². The molecule has 1 rings (SSSR count). The monoisotopic (exact) mass is 324 g/mol. The summed E-state index contributed by atoms with van der Waals surface area (Å²) in [5, 5.41) is 15.0. The molecule has 1 unspecified atom stereocenters. The molecule has 0 fully saturated rings. The second-order valence-electron chi connectivity index (χ2n) is 6.42. The van der Waals surface area contributed by atoms with Crippen molar-refractivity contribution in [1.82, 2.24) is 10.6 Å². The minimum atomic E-state index is -1.04. The first kappa shape index (κ1) is 19.1. The predicted octanol–water partition coefficient (Wildman–Crippen LogP) is 1.75. The van der Waals surface area contributed by atoms with Crippen molar-refractivity contribution in [3.63, 3.8) is 0 Å². The van der Waals surface area contributed by atoms with Crippen molar-refractivity contribution in [2.75, 3.05) is 6.54 Å². The van der Waals surface area contributed by atoms with Crippen LogP contribution in [0.1, 0.15) is 39.2 Å². The summed E-state index contributed by atoms with van der Waals surface area (Å²) < 4.78 is 12.8. The second kappa shape index (κ2) is 8.62. The summed E-state index contributed by atoms with van der Waals surface area (Å²) in [6.45, 7) is 5.89. The van der Waals surface area contributed by atoms with E-state index < -0.39 is 17.4 Å². The number of hydrogen-bond acceptors (Lipinski definition) is 3. The lowest BCUT2D eigenvalue weighted by molar-refractivity contribution is -0.139. The van der Waals surface area contributed by atoms with Gasteiger partial charge in [0.25, 0.3) is 0 Å². The molecule has 128 valence electrons. The maximum atomic E-state index is 12.8. The van der Waals surface area contributed by atoms with Crippen LogP contribution in [0.3, 0.4) is 0 Å². The molecule has 1 aromatic rings. The fourth-order valence-corrected chi connectivity index (χ4v) is 1.90. The SMILES string of the molecule is CC(C)CCC(C)(O)CNC(=O)C(=O)NCc1ccc(F)cc1. The number of benzene rings is 1. The molecule has 6 heteroatoms. The Morgan fingerprint density at radius 1 is 1.17 bits per heavy atom. The predicted molar refractivity (Wildman–Crippen MR) is 86.0 cm³/mol. The van der Waals surface area contributed by atoms with Gasteiger partial charge in [-0.2, -0.15) is 0 Å². The summed E-state index contributed by atoms with van der Waals surface area (Å²) in [5.41, 5.74) is -0.353. The average molecular weight is 324 g/mol.